The molecular weight excluding hydrogens is 430 g/mol. The van der Waals surface area contributed by atoms with Gasteiger partial charge >= 0.3 is 0 Å². The van der Waals surface area contributed by atoms with Crippen LogP contribution in [-0.4, -0.2) is 41.3 Å². The standard InChI is InChI=1S/C20H19BrClN3O2/c1-13(26)24-7-6-20(11-24)12-25(18-5-2-14(21)8-17(18)20)19(27)9-16-4-3-15(22)10-23-16/h2-5,8,10H,6-7,9,11-12H2,1H3. The van der Waals surface area contributed by atoms with Crippen molar-refractivity contribution in [3.8, 4) is 0 Å². The van der Waals surface area contributed by atoms with E-state index in [0.29, 0.717) is 23.8 Å². The Hall–Kier alpha value is -1.92. The highest BCUT2D eigenvalue weighted by Gasteiger charge is 2.49. The van der Waals surface area contributed by atoms with Crippen LogP contribution in [0.1, 0.15) is 24.6 Å². The van der Waals surface area contributed by atoms with Gasteiger partial charge in [0, 0.05) is 54.0 Å². The van der Waals surface area contributed by atoms with E-state index in [9.17, 15) is 9.59 Å². The van der Waals surface area contributed by atoms with Crippen LogP contribution < -0.4 is 4.90 Å². The second kappa shape index (κ2) is 6.91. The summed E-state index contributed by atoms with van der Waals surface area (Å²) in [6.07, 6.45) is 2.64. The van der Waals surface area contributed by atoms with Crippen molar-refractivity contribution in [1.29, 1.82) is 0 Å². The van der Waals surface area contributed by atoms with E-state index in [-0.39, 0.29) is 23.7 Å². The van der Waals surface area contributed by atoms with Crippen LogP contribution in [0.15, 0.2) is 41.0 Å². The van der Waals surface area contributed by atoms with Gasteiger partial charge in [-0.1, -0.05) is 27.5 Å². The van der Waals surface area contributed by atoms with Crippen molar-refractivity contribution in [3.63, 3.8) is 0 Å². The fourth-order valence-corrected chi connectivity index (χ4v) is 4.59. The number of hydrogen-bond donors (Lipinski definition) is 0. The molecule has 0 radical (unpaired) electrons. The Bertz CT molecular complexity index is 918. The molecule has 0 aliphatic carbocycles. The number of benzene rings is 1. The molecule has 0 N–H and O–H groups in total. The molecular formula is C20H19BrClN3O2. The summed E-state index contributed by atoms with van der Waals surface area (Å²) in [6, 6.07) is 9.55. The number of likely N-dealkylation sites (tertiary alicyclic amines) is 1. The fraction of sp³-hybridized carbons (Fsp3) is 0.350. The Morgan fingerprint density at radius 1 is 1.26 bits per heavy atom. The van der Waals surface area contributed by atoms with Gasteiger partial charge < -0.3 is 9.80 Å². The smallest absolute Gasteiger partial charge is 0.233 e. The van der Waals surface area contributed by atoms with Crippen LogP contribution in [0, 0.1) is 0 Å². The first kappa shape index (κ1) is 18.4. The number of anilines is 1. The van der Waals surface area contributed by atoms with Gasteiger partial charge in [0.2, 0.25) is 11.8 Å². The van der Waals surface area contributed by atoms with Gasteiger partial charge in [-0.2, -0.15) is 0 Å². The van der Waals surface area contributed by atoms with Crippen molar-refractivity contribution in [1.82, 2.24) is 9.88 Å². The quantitative estimate of drug-likeness (QED) is 0.706. The molecule has 1 atom stereocenters. The molecule has 2 amide bonds. The number of fused-ring (bicyclic) bond motifs is 2. The SMILES string of the molecule is CC(=O)N1CCC2(C1)CN(C(=O)Cc1ccc(Cl)cn1)c1ccc(Br)cc12. The van der Waals surface area contributed by atoms with E-state index in [1.165, 1.54) is 0 Å². The monoisotopic (exact) mass is 447 g/mol. The lowest BCUT2D eigenvalue weighted by Crippen LogP contribution is -2.40. The van der Waals surface area contributed by atoms with Crippen molar-refractivity contribution in [2.45, 2.75) is 25.2 Å². The van der Waals surface area contributed by atoms with Gasteiger partial charge in [-0.25, -0.2) is 0 Å². The number of amides is 2. The Balaban J connectivity index is 1.64. The molecule has 2 aromatic rings. The topological polar surface area (TPSA) is 53.5 Å². The third-order valence-electron chi connectivity index (χ3n) is 5.50. The second-order valence-electron chi connectivity index (χ2n) is 7.26. The van der Waals surface area contributed by atoms with E-state index >= 15 is 0 Å². The highest BCUT2D eigenvalue weighted by Crippen LogP contribution is 2.47. The minimum Gasteiger partial charge on any atom is -0.342 e. The van der Waals surface area contributed by atoms with E-state index in [1.807, 2.05) is 21.9 Å². The van der Waals surface area contributed by atoms with Crippen LogP contribution in [0.25, 0.3) is 0 Å². The summed E-state index contributed by atoms with van der Waals surface area (Å²) in [4.78, 5) is 32.9. The number of hydrogen-bond acceptors (Lipinski definition) is 3. The maximum Gasteiger partial charge on any atom is 0.233 e. The summed E-state index contributed by atoms with van der Waals surface area (Å²) >= 11 is 9.43. The number of carbonyl (C=O) groups excluding carboxylic acids is 2. The van der Waals surface area contributed by atoms with Crippen molar-refractivity contribution in [2.75, 3.05) is 24.5 Å². The highest BCUT2D eigenvalue weighted by atomic mass is 79.9. The van der Waals surface area contributed by atoms with Gasteiger partial charge in [0.1, 0.15) is 0 Å². The second-order valence-corrected chi connectivity index (χ2v) is 8.61. The summed E-state index contributed by atoms with van der Waals surface area (Å²) in [5, 5.41) is 0.553. The molecule has 1 aromatic heterocycles. The number of halogens is 2. The minimum atomic E-state index is -0.201. The zero-order valence-electron chi connectivity index (χ0n) is 14.9. The van der Waals surface area contributed by atoms with Crippen molar-refractivity contribution in [2.24, 2.45) is 0 Å². The normalized spacial score (nSPS) is 21.0. The number of nitrogens with zero attached hydrogens (tertiary/aromatic N) is 3. The molecule has 0 saturated carbocycles. The van der Waals surface area contributed by atoms with Crippen LogP contribution >= 0.6 is 27.5 Å². The van der Waals surface area contributed by atoms with Gasteiger partial charge in [-0.05, 0) is 42.3 Å². The summed E-state index contributed by atoms with van der Waals surface area (Å²) in [5.74, 6) is 0.0881. The van der Waals surface area contributed by atoms with E-state index < -0.39 is 0 Å². The molecule has 0 bridgehead atoms. The average molecular weight is 449 g/mol. The lowest BCUT2D eigenvalue weighted by atomic mass is 9.81. The van der Waals surface area contributed by atoms with E-state index in [0.717, 1.165) is 28.7 Å². The Morgan fingerprint density at radius 2 is 2.07 bits per heavy atom. The molecule has 1 fully saturated rings. The number of pyridine rings is 1. The third kappa shape index (κ3) is 3.36. The maximum atomic E-state index is 13.1. The summed E-state index contributed by atoms with van der Waals surface area (Å²) < 4.78 is 0.982. The van der Waals surface area contributed by atoms with Gasteiger partial charge in [0.05, 0.1) is 11.4 Å². The molecule has 1 spiro atoms. The molecule has 3 heterocycles. The number of aromatic nitrogens is 1. The lowest BCUT2D eigenvalue weighted by Gasteiger charge is -2.25. The summed E-state index contributed by atoms with van der Waals surface area (Å²) in [6.45, 7) is 3.57. The highest BCUT2D eigenvalue weighted by molar-refractivity contribution is 9.10. The molecule has 1 unspecified atom stereocenters. The maximum absolute atomic E-state index is 13.1. The first-order valence-electron chi connectivity index (χ1n) is 8.84. The van der Waals surface area contributed by atoms with Crippen molar-refractivity contribution in [3.05, 3.63) is 57.3 Å². The predicted octanol–water partition coefficient (Wildman–Crippen LogP) is 3.58. The van der Waals surface area contributed by atoms with Crippen LogP contribution in [0.5, 0.6) is 0 Å². The van der Waals surface area contributed by atoms with Crippen molar-refractivity contribution >= 4 is 45.0 Å². The van der Waals surface area contributed by atoms with Crippen LogP contribution in [-0.2, 0) is 21.4 Å². The van der Waals surface area contributed by atoms with E-state index in [1.54, 1.807) is 25.3 Å². The Kier molecular flexibility index (Phi) is 4.72. The zero-order valence-corrected chi connectivity index (χ0v) is 17.3. The first-order chi connectivity index (χ1) is 12.9. The Morgan fingerprint density at radius 3 is 2.74 bits per heavy atom. The molecule has 27 heavy (non-hydrogen) atoms. The molecule has 7 heteroatoms. The van der Waals surface area contributed by atoms with Crippen molar-refractivity contribution < 1.29 is 9.59 Å². The summed E-state index contributed by atoms with van der Waals surface area (Å²) in [5.41, 5.74) is 2.56. The van der Waals surface area contributed by atoms with Gasteiger partial charge in [0.25, 0.3) is 0 Å². The fourth-order valence-electron chi connectivity index (χ4n) is 4.12. The lowest BCUT2D eigenvalue weighted by molar-refractivity contribution is -0.127. The third-order valence-corrected chi connectivity index (χ3v) is 6.22. The van der Waals surface area contributed by atoms with Gasteiger partial charge in [-0.15, -0.1) is 0 Å². The predicted molar refractivity (Wildman–Crippen MR) is 108 cm³/mol. The molecule has 5 nitrogen and oxygen atoms in total. The summed E-state index contributed by atoms with van der Waals surface area (Å²) in [7, 11) is 0. The molecule has 1 saturated heterocycles. The van der Waals surface area contributed by atoms with Crippen LogP contribution in [0.4, 0.5) is 5.69 Å². The van der Waals surface area contributed by atoms with Gasteiger partial charge in [-0.3, -0.25) is 14.6 Å². The van der Waals surface area contributed by atoms with Gasteiger partial charge in [0.15, 0.2) is 0 Å². The average Bonchev–Trinajstić information content (AvgIpc) is 3.20. The number of carbonyl (C=O) groups is 2. The zero-order chi connectivity index (χ0) is 19.2. The van der Waals surface area contributed by atoms with E-state index in [4.69, 9.17) is 11.6 Å². The number of rotatable bonds is 2. The minimum absolute atomic E-state index is 0.00606. The largest absolute Gasteiger partial charge is 0.342 e. The molecule has 2 aliphatic heterocycles. The molecule has 2 aliphatic rings. The Labute approximate surface area is 171 Å². The molecule has 140 valence electrons. The van der Waals surface area contributed by atoms with Crippen LogP contribution in [0.2, 0.25) is 5.02 Å². The van der Waals surface area contributed by atoms with Crippen LogP contribution in [0.3, 0.4) is 0 Å². The molecule has 4 rings (SSSR count). The molecule has 1 aromatic carbocycles. The first-order valence-corrected chi connectivity index (χ1v) is 10.0. The van der Waals surface area contributed by atoms with E-state index in [2.05, 4.69) is 27.0 Å².